The Morgan fingerprint density at radius 2 is 1.91 bits per heavy atom. The molecule has 2 saturated heterocycles. The van der Waals surface area contributed by atoms with Crippen LogP contribution in [0.25, 0.3) is 0 Å². The highest BCUT2D eigenvalue weighted by atomic mass is 32.2. The number of alkyl carbamates (subject to hydrolysis) is 1. The molecule has 0 aliphatic carbocycles. The van der Waals surface area contributed by atoms with Crippen LogP contribution in [0.1, 0.15) is 43.2 Å². The molecule has 0 radical (unpaired) electrons. The molecule has 0 aromatic heterocycles. The standard InChI is InChI=1S/C31H41F3N4O6S/c1-43-20-31(15-5-16-32,21-9-11-22(33)12-10-21)28(37-30(40)44-2)29(39)36-27-8-3-7-26(34)25(27)14-13-24-18-35-23-6-4-17-45(41,42)38(24)19-23/h3,7-12,23-24,28,35H,4-6,13-20H2,1-2H3,(H,36,39)(H,37,40)/t23?,24-,28+,31?/m0/s1. The fourth-order valence-electron chi connectivity index (χ4n) is 6.44. The zero-order chi connectivity index (χ0) is 32.6. The highest BCUT2D eigenvalue weighted by Crippen LogP contribution is 2.36. The minimum atomic E-state index is -3.45. The first-order valence-corrected chi connectivity index (χ1v) is 16.6. The molecule has 10 nitrogen and oxygen atoms in total. The van der Waals surface area contributed by atoms with Crippen molar-refractivity contribution in [3.05, 3.63) is 65.2 Å². The van der Waals surface area contributed by atoms with Gasteiger partial charge in [0.15, 0.2) is 0 Å². The number of nitrogens with one attached hydrogen (secondary N) is 3. The van der Waals surface area contributed by atoms with Gasteiger partial charge in [-0.05, 0) is 68.4 Å². The lowest BCUT2D eigenvalue weighted by atomic mass is 9.71. The van der Waals surface area contributed by atoms with Crippen molar-refractivity contribution in [3.63, 3.8) is 0 Å². The van der Waals surface area contributed by atoms with Gasteiger partial charge in [0, 0.05) is 48.9 Å². The van der Waals surface area contributed by atoms with Crippen LogP contribution in [0.3, 0.4) is 0 Å². The van der Waals surface area contributed by atoms with Gasteiger partial charge in [0.1, 0.15) is 17.7 Å². The van der Waals surface area contributed by atoms with Gasteiger partial charge in [0.25, 0.3) is 0 Å². The molecule has 248 valence electrons. The fourth-order valence-corrected chi connectivity index (χ4v) is 8.25. The van der Waals surface area contributed by atoms with Crippen molar-refractivity contribution in [3.8, 4) is 0 Å². The van der Waals surface area contributed by atoms with Crippen LogP contribution in [-0.4, -0.2) is 89.2 Å². The third-order valence-corrected chi connectivity index (χ3v) is 10.7. The molecule has 2 aliphatic heterocycles. The first-order chi connectivity index (χ1) is 21.5. The lowest BCUT2D eigenvalue weighted by molar-refractivity contribution is -0.120. The van der Waals surface area contributed by atoms with Crippen molar-refractivity contribution in [1.29, 1.82) is 0 Å². The van der Waals surface area contributed by atoms with Gasteiger partial charge >= 0.3 is 6.09 Å². The average molecular weight is 655 g/mol. The van der Waals surface area contributed by atoms with E-state index in [0.29, 0.717) is 31.5 Å². The van der Waals surface area contributed by atoms with Crippen molar-refractivity contribution in [2.45, 2.75) is 62.1 Å². The van der Waals surface area contributed by atoms with E-state index in [1.54, 1.807) is 0 Å². The molecule has 14 heteroatoms. The molecule has 2 amide bonds. The Labute approximate surface area is 262 Å². The van der Waals surface area contributed by atoms with Crippen molar-refractivity contribution >= 4 is 27.7 Å². The van der Waals surface area contributed by atoms with Gasteiger partial charge in [-0.1, -0.05) is 18.2 Å². The second kappa shape index (κ2) is 15.4. The van der Waals surface area contributed by atoms with E-state index in [-0.39, 0.29) is 48.9 Å². The summed E-state index contributed by atoms with van der Waals surface area (Å²) >= 11 is 0. The number of benzene rings is 2. The number of fused-ring (bicyclic) bond motifs is 2. The number of methoxy groups -OCH3 is 2. The number of amides is 2. The van der Waals surface area contributed by atoms with Gasteiger partial charge < -0.3 is 25.4 Å². The molecule has 2 bridgehead atoms. The van der Waals surface area contributed by atoms with E-state index in [1.165, 1.54) is 53.9 Å². The summed E-state index contributed by atoms with van der Waals surface area (Å²) in [7, 11) is -0.941. The minimum Gasteiger partial charge on any atom is -0.453 e. The normalized spacial score (nSPS) is 22.8. The van der Waals surface area contributed by atoms with Gasteiger partial charge in [-0.25, -0.2) is 22.0 Å². The summed E-state index contributed by atoms with van der Waals surface area (Å²) in [4.78, 5) is 26.6. The fraction of sp³-hybridized carbons (Fsp3) is 0.548. The molecule has 2 aromatic rings. The zero-order valence-electron chi connectivity index (χ0n) is 25.5. The van der Waals surface area contributed by atoms with Crippen LogP contribution in [-0.2, 0) is 36.1 Å². The Bertz CT molecular complexity index is 1430. The molecular weight excluding hydrogens is 613 g/mol. The maximum Gasteiger partial charge on any atom is 0.407 e. The maximum atomic E-state index is 15.3. The van der Waals surface area contributed by atoms with E-state index in [9.17, 15) is 26.8 Å². The second-order valence-corrected chi connectivity index (χ2v) is 13.6. The molecular formula is C31H41F3N4O6S. The van der Waals surface area contributed by atoms with Crippen LogP contribution in [0.2, 0.25) is 0 Å². The topological polar surface area (TPSA) is 126 Å². The third-order valence-electron chi connectivity index (χ3n) is 8.71. The largest absolute Gasteiger partial charge is 0.453 e. The van der Waals surface area contributed by atoms with Crippen molar-refractivity contribution < 1.29 is 40.7 Å². The Morgan fingerprint density at radius 1 is 1.16 bits per heavy atom. The van der Waals surface area contributed by atoms with Crippen LogP contribution in [0.5, 0.6) is 0 Å². The Hall–Kier alpha value is -3.20. The number of hydrogen-bond donors (Lipinski definition) is 3. The molecule has 3 N–H and O–H groups in total. The molecule has 2 fully saturated rings. The van der Waals surface area contributed by atoms with Gasteiger partial charge in [-0.3, -0.25) is 9.18 Å². The first kappa shape index (κ1) is 34.7. The number of rotatable bonds is 13. The molecule has 2 aliphatic rings. The van der Waals surface area contributed by atoms with Gasteiger partial charge in [-0.15, -0.1) is 0 Å². The second-order valence-electron chi connectivity index (χ2n) is 11.5. The predicted octanol–water partition coefficient (Wildman–Crippen LogP) is 3.66. The number of hydrogen-bond acceptors (Lipinski definition) is 7. The molecule has 4 rings (SSSR count). The maximum absolute atomic E-state index is 15.3. The Balaban J connectivity index is 1.65. The Kier molecular flexibility index (Phi) is 11.9. The Morgan fingerprint density at radius 3 is 2.60 bits per heavy atom. The van der Waals surface area contributed by atoms with E-state index in [1.807, 2.05) is 0 Å². The van der Waals surface area contributed by atoms with Gasteiger partial charge in [0.05, 0.1) is 26.1 Å². The summed E-state index contributed by atoms with van der Waals surface area (Å²) in [6.45, 7) is -0.0942. The third kappa shape index (κ3) is 8.15. The smallest absolute Gasteiger partial charge is 0.407 e. The van der Waals surface area contributed by atoms with Crippen molar-refractivity contribution in [2.24, 2.45) is 0 Å². The summed E-state index contributed by atoms with van der Waals surface area (Å²) < 4.78 is 80.5. The van der Waals surface area contributed by atoms with Crippen LogP contribution in [0.15, 0.2) is 42.5 Å². The highest BCUT2D eigenvalue weighted by molar-refractivity contribution is 7.89. The van der Waals surface area contributed by atoms with Crippen LogP contribution >= 0.6 is 0 Å². The monoisotopic (exact) mass is 654 g/mol. The first-order valence-electron chi connectivity index (χ1n) is 15.0. The molecule has 2 heterocycles. The van der Waals surface area contributed by atoms with E-state index < -0.39 is 57.8 Å². The highest BCUT2D eigenvalue weighted by Gasteiger charge is 2.46. The number of sulfonamides is 1. The summed E-state index contributed by atoms with van der Waals surface area (Å²) in [5.41, 5.74) is -0.657. The molecule has 3 unspecified atom stereocenters. The van der Waals surface area contributed by atoms with E-state index in [0.717, 1.165) is 13.5 Å². The SMILES string of the molecule is COCC(CCCF)(c1ccc(F)cc1)[C@H](NC(=O)OC)C(=O)Nc1cccc(F)c1CC[C@H]1CNC2CCCS(=O)(=O)N1C2. The minimum absolute atomic E-state index is 0.00568. The van der Waals surface area contributed by atoms with Crippen LogP contribution in [0.4, 0.5) is 23.7 Å². The molecule has 0 spiro atoms. The van der Waals surface area contributed by atoms with E-state index >= 15 is 4.39 Å². The zero-order valence-corrected chi connectivity index (χ0v) is 26.3. The van der Waals surface area contributed by atoms with E-state index in [2.05, 4.69) is 16.0 Å². The number of anilines is 1. The number of halogens is 3. The molecule has 5 atom stereocenters. The number of ether oxygens (including phenoxy) is 2. The van der Waals surface area contributed by atoms with Crippen molar-refractivity contribution in [1.82, 2.24) is 14.9 Å². The lowest BCUT2D eigenvalue weighted by Crippen LogP contribution is -2.59. The number of piperazine rings is 1. The number of nitrogens with zero attached hydrogens (tertiary/aromatic N) is 1. The lowest BCUT2D eigenvalue weighted by Gasteiger charge is -2.40. The quantitative estimate of drug-likeness (QED) is 0.301. The molecule has 45 heavy (non-hydrogen) atoms. The molecule has 2 aromatic carbocycles. The number of carbonyl (C=O) groups is 2. The number of carbonyl (C=O) groups excluding carboxylic acids is 2. The van der Waals surface area contributed by atoms with Crippen LogP contribution in [0, 0.1) is 11.6 Å². The number of alkyl halides is 1. The summed E-state index contributed by atoms with van der Waals surface area (Å²) in [6, 6.07) is 7.73. The van der Waals surface area contributed by atoms with Crippen molar-refractivity contribution in [2.75, 3.05) is 51.7 Å². The summed E-state index contributed by atoms with van der Waals surface area (Å²) in [5, 5.41) is 8.68. The summed E-state index contributed by atoms with van der Waals surface area (Å²) in [5.74, 6) is -1.81. The molecule has 0 saturated carbocycles. The predicted molar refractivity (Wildman–Crippen MR) is 163 cm³/mol. The summed E-state index contributed by atoms with van der Waals surface area (Å²) in [6.07, 6.45) is 0.826. The average Bonchev–Trinajstić information content (AvgIpc) is 3.13. The van der Waals surface area contributed by atoms with Crippen LogP contribution < -0.4 is 16.0 Å². The van der Waals surface area contributed by atoms with Gasteiger partial charge in [-0.2, -0.15) is 4.31 Å². The van der Waals surface area contributed by atoms with Gasteiger partial charge in [0.2, 0.25) is 15.9 Å². The van der Waals surface area contributed by atoms with E-state index in [4.69, 9.17) is 9.47 Å².